The van der Waals surface area contributed by atoms with E-state index >= 15 is 0 Å². The van der Waals surface area contributed by atoms with E-state index < -0.39 is 0 Å². The van der Waals surface area contributed by atoms with Gasteiger partial charge in [-0.1, -0.05) is 51.1 Å². The van der Waals surface area contributed by atoms with Crippen LogP contribution >= 0.6 is 0 Å². The topological polar surface area (TPSA) is 35.0 Å². The minimum atomic E-state index is 0.123. The Morgan fingerprint density at radius 3 is 2.18 bits per heavy atom. The molecule has 0 radical (unpaired) electrons. The largest absolute Gasteiger partial charge is 0.438 e. The van der Waals surface area contributed by atoms with Crippen LogP contribution in [0.2, 0.25) is 0 Å². The van der Waals surface area contributed by atoms with Crippen LogP contribution in [0.25, 0.3) is 10.8 Å². The molecule has 4 rings (SSSR count). The highest BCUT2D eigenvalue weighted by atomic mass is 16.5. The van der Waals surface area contributed by atoms with E-state index in [0.717, 1.165) is 22.9 Å². The van der Waals surface area contributed by atoms with Crippen molar-refractivity contribution in [2.75, 3.05) is 0 Å². The highest BCUT2D eigenvalue weighted by molar-refractivity contribution is 5.89. The monoisotopic (exact) mass is 368 g/mol. The highest BCUT2D eigenvalue weighted by Crippen LogP contribution is 2.32. The average Bonchev–Trinajstić information content (AvgIpc) is 2.70. The Labute approximate surface area is 166 Å². The standard InChI is InChI=1S/C25H24N2O/c1-25(2,3)20-8-10-21(11-9-20)28-24-23-7-5-4-6-22(23)19(17-27-24)16-18-12-14-26-15-13-18/h4-15,17H,16H2,1-3H3. The van der Waals surface area contributed by atoms with Gasteiger partial charge in [-0.05, 0) is 64.2 Å². The van der Waals surface area contributed by atoms with Crippen LogP contribution in [0.15, 0.2) is 79.3 Å². The lowest BCUT2D eigenvalue weighted by molar-refractivity contribution is 0.468. The maximum Gasteiger partial charge on any atom is 0.227 e. The van der Waals surface area contributed by atoms with E-state index in [9.17, 15) is 0 Å². The molecular formula is C25H24N2O. The quantitative estimate of drug-likeness (QED) is 0.423. The number of fused-ring (bicyclic) bond motifs is 1. The summed E-state index contributed by atoms with van der Waals surface area (Å²) in [5, 5.41) is 2.18. The second-order valence-electron chi connectivity index (χ2n) is 8.04. The van der Waals surface area contributed by atoms with Crippen LogP contribution in [0.5, 0.6) is 11.6 Å². The number of ether oxygens (including phenoxy) is 1. The third-order valence-electron chi connectivity index (χ3n) is 4.92. The van der Waals surface area contributed by atoms with Crippen molar-refractivity contribution in [1.29, 1.82) is 0 Å². The number of benzene rings is 2. The van der Waals surface area contributed by atoms with Crippen LogP contribution in [0.3, 0.4) is 0 Å². The van der Waals surface area contributed by atoms with Crippen molar-refractivity contribution in [2.45, 2.75) is 32.6 Å². The molecule has 0 fully saturated rings. The Morgan fingerprint density at radius 1 is 0.821 bits per heavy atom. The van der Waals surface area contributed by atoms with Crippen molar-refractivity contribution in [3.8, 4) is 11.6 Å². The van der Waals surface area contributed by atoms with Gasteiger partial charge in [-0.3, -0.25) is 4.98 Å². The number of pyridine rings is 2. The van der Waals surface area contributed by atoms with Gasteiger partial charge in [-0.2, -0.15) is 0 Å². The molecule has 0 atom stereocenters. The molecule has 4 aromatic rings. The molecule has 2 heterocycles. The first-order chi connectivity index (χ1) is 13.5. The molecule has 0 saturated heterocycles. The molecule has 0 aliphatic rings. The first kappa shape index (κ1) is 18.2. The van der Waals surface area contributed by atoms with E-state index in [4.69, 9.17) is 4.74 Å². The predicted octanol–water partition coefficient (Wildman–Crippen LogP) is 6.31. The van der Waals surface area contributed by atoms with Gasteiger partial charge in [0.15, 0.2) is 0 Å². The zero-order valence-corrected chi connectivity index (χ0v) is 16.5. The van der Waals surface area contributed by atoms with E-state index in [-0.39, 0.29) is 5.41 Å². The lowest BCUT2D eigenvalue weighted by atomic mass is 9.87. The van der Waals surface area contributed by atoms with Gasteiger partial charge in [0, 0.05) is 24.0 Å². The van der Waals surface area contributed by atoms with Crippen molar-refractivity contribution < 1.29 is 4.74 Å². The van der Waals surface area contributed by atoms with Crippen molar-refractivity contribution in [2.24, 2.45) is 0 Å². The Morgan fingerprint density at radius 2 is 1.50 bits per heavy atom. The molecule has 2 aromatic heterocycles. The maximum atomic E-state index is 6.14. The van der Waals surface area contributed by atoms with E-state index in [1.165, 1.54) is 16.7 Å². The van der Waals surface area contributed by atoms with Crippen LogP contribution in [-0.2, 0) is 11.8 Å². The fourth-order valence-corrected chi connectivity index (χ4v) is 3.30. The van der Waals surface area contributed by atoms with Crippen molar-refractivity contribution in [3.63, 3.8) is 0 Å². The third kappa shape index (κ3) is 3.89. The minimum Gasteiger partial charge on any atom is -0.438 e. The van der Waals surface area contributed by atoms with Crippen molar-refractivity contribution in [3.05, 3.63) is 95.9 Å². The number of nitrogens with zero attached hydrogens (tertiary/aromatic N) is 2. The number of rotatable bonds is 4. The van der Waals surface area contributed by atoms with E-state index in [1.54, 1.807) is 0 Å². The summed E-state index contributed by atoms with van der Waals surface area (Å²) in [5.41, 5.74) is 3.80. The van der Waals surface area contributed by atoms with Crippen LogP contribution in [0, 0.1) is 0 Å². The Bertz CT molecular complexity index is 1080. The predicted molar refractivity (Wildman–Crippen MR) is 114 cm³/mol. The molecule has 2 aromatic carbocycles. The summed E-state index contributed by atoms with van der Waals surface area (Å²) in [6.45, 7) is 6.62. The highest BCUT2D eigenvalue weighted by Gasteiger charge is 2.14. The molecule has 140 valence electrons. The van der Waals surface area contributed by atoms with Gasteiger partial charge in [0.1, 0.15) is 5.75 Å². The van der Waals surface area contributed by atoms with Crippen LogP contribution < -0.4 is 4.74 Å². The summed E-state index contributed by atoms with van der Waals surface area (Å²) in [6.07, 6.45) is 6.38. The second kappa shape index (κ2) is 7.43. The fourth-order valence-electron chi connectivity index (χ4n) is 3.30. The molecule has 3 nitrogen and oxygen atoms in total. The van der Waals surface area contributed by atoms with E-state index in [1.807, 2.05) is 48.9 Å². The molecule has 28 heavy (non-hydrogen) atoms. The van der Waals surface area contributed by atoms with Crippen LogP contribution in [0.1, 0.15) is 37.5 Å². The summed E-state index contributed by atoms with van der Waals surface area (Å²) < 4.78 is 6.14. The Balaban J connectivity index is 1.66. The number of aromatic nitrogens is 2. The van der Waals surface area contributed by atoms with Crippen LogP contribution in [-0.4, -0.2) is 9.97 Å². The molecule has 0 spiro atoms. The van der Waals surface area contributed by atoms with Crippen LogP contribution in [0.4, 0.5) is 0 Å². The normalized spacial score (nSPS) is 11.5. The zero-order chi connectivity index (χ0) is 19.6. The zero-order valence-electron chi connectivity index (χ0n) is 16.5. The van der Waals surface area contributed by atoms with Gasteiger partial charge in [-0.15, -0.1) is 0 Å². The molecule has 0 unspecified atom stereocenters. The van der Waals surface area contributed by atoms with E-state index in [2.05, 4.69) is 61.1 Å². The molecule has 0 aliphatic heterocycles. The molecular weight excluding hydrogens is 344 g/mol. The summed E-state index contributed by atoms with van der Waals surface area (Å²) in [5.74, 6) is 1.44. The fraction of sp³-hybridized carbons (Fsp3) is 0.200. The third-order valence-corrected chi connectivity index (χ3v) is 4.92. The van der Waals surface area contributed by atoms with Gasteiger partial charge in [0.25, 0.3) is 0 Å². The van der Waals surface area contributed by atoms with Crippen molar-refractivity contribution >= 4 is 10.8 Å². The van der Waals surface area contributed by atoms with Gasteiger partial charge in [0.05, 0.1) is 0 Å². The smallest absolute Gasteiger partial charge is 0.227 e. The van der Waals surface area contributed by atoms with Gasteiger partial charge < -0.3 is 4.74 Å². The number of hydrogen-bond acceptors (Lipinski definition) is 3. The van der Waals surface area contributed by atoms with Gasteiger partial charge in [0.2, 0.25) is 5.88 Å². The minimum absolute atomic E-state index is 0.123. The SMILES string of the molecule is CC(C)(C)c1ccc(Oc2ncc(Cc3ccncc3)c3ccccc23)cc1. The Kier molecular flexibility index (Phi) is 4.82. The molecule has 0 saturated carbocycles. The second-order valence-corrected chi connectivity index (χ2v) is 8.04. The average molecular weight is 368 g/mol. The molecule has 0 bridgehead atoms. The maximum absolute atomic E-state index is 6.14. The summed E-state index contributed by atoms with van der Waals surface area (Å²) in [7, 11) is 0. The van der Waals surface area contributed by atoms with Gasteiger partial charge >= 0.3 is 0 Å². The number of hydrogen-bond donors (Lipinski definition) is 0. The first-order valence-corrected chi connectivity index (χ1v) is 9.54. The molecule has 0 aliphatic carbocycles. The lowest BCUT2D eigenvalue weighted by Gasteiger charge is -2.19. The van der Waals surface area contributed by atoms with Crippen molar-refractivity contribution in [1.82, 2.24) is 9.97 Å². The van der Waals surface area contributed by atoms with E-state index in [0.29, 0.717) is 5.88 Å². The molecule has 0 amide bonds. The molecule has 3 heteroatoms. The lowest BCUT2D eigenvalue weighted by Crippen LogP contribution is -2.10. The first-order valence-electron chi connectivity index (χ1n) is 9.54. The Hall–Kier alpha value is -3.20. The van der Waals surface area contributed by atoms with Gasteiger partial charge in [-0.25, -0.2) is 4.98 Å². The summed E-state index contributed by atoms with van der Waals surface area (Å²) in [6, 6.07) is 20.6. The molecule has 0 N–H and O–H groups in total. The summed E-state index contributed by atoms with van der Waals surface area (Å²) in [4.78, 5) is 8.73. The summed E-state index contributed by atoms with van der Waals surface area (Å²) >= 11 is 0.